The predicted octanol–water partition coefficient (Wildman–Crippen LogP) is 2.81. The van der Waals surface area contributed by atoms with E-state index in [1.165, 1.54) is 45.1 Å². The molecule has 1 N–H and O–H groups in total. The molecule has 0 heterocycles. The summed E-state index contributed by atoms with van der Waals surface area (Å²) in [6.45, 7) is 3.66. The number of hydrogen-bond acceptors (Lipinski definition) is 1. The molecule has 2 aliphatic rings. The Bertz CT molecular complexity index is 160. The van der Waals surface area contributed by atoms with Gasteiger partial charge in [-0.1, -0.05) is 19.8 Å². The van der Waals surface area contributed by atoms with Gasteiger partial charge in [0.15, 0.2) is 0 Å². The molecule has 0 aromatic heterocycles. The molecule has 2 aliphatic carbocycles. The predicted molar refractivity (Wildman–Crippen MR) is 56.7 cm³/mol. The van der Waals surface area contributed by atoms with Gasteiger partial charge in [0.25, 0.3) is 0 Å². The molecule has 2 rings (SSSR count). The first-order valence-electron chi connectivity index (χ1n) is 5.89. The molecule has 1 heteroatoms. The summed E-state index contributed by atoms with van der Waals surface area (Å²) in [6, 6.07) is 0. The Hall–Kier alpha value is -0.0400. The van der Waals surface area contributed by atoms with E-state index in [9.17, 15) is 0 Å². The molecule has 0 radical (unpaired) electrons. The van der Waals surface area contributed by atoms with E-state index in [0.717, 1.165) is 17.3 Å². The summed E-state index contributed by atoms with van der Waals surface area (Å²) in [4.78, 5) is 0. The van der Waals surface area contributed by atoms with E-state index < -0.39 is 0 Å². The zero-order valence-electron chi connectivity index (χ0n) is 9.10. The zero-order valence-corrected chi connectivity index (χ0v) is 9.10. The van der Waals surface area contributed by atoms with Crippen LogP contribution in [0.4, 0.5) is 0 Å². The third kappa shape index (κ3) is 1.90. The molecule has 1 spiro atoms. The molecule has 0 bridgehead atoms. The van der Waals surface area contributed by atoms with Gasteiger partial charge in [-0.25, -0.2) is 0 Å². The van der Waals surface area contributed by atoms with Crippen molar-refractivity contribution >= 4 is 0 Å². The van der Waals surface area contributed by atoms with E-state index in [-0.39, 0.29) is 0 Å². The van der Waals surface area contributed by atoms with Crippen LogP contribution < -0.4 is 5.32 Å². The van der Waals surface area contributed by atoms with Crippen molar-refractivity contribution in [1.82, 2.24) is 5.32 Å². The lowest BCUT2D eigenvalue weighted by Gasteiger charge is -2.51. The third-order valence-corrected chi connectivity index (χ3v) is 4.27. The van der Waals surface area contributed by atoms with Crippen molar-refractivity contribution in [2.75, 3.05) is 13.6 Å². The molecular weight excluding hydrogens is 158 g/mol. The first-order valence-corrected chi connectivity index (χ1v) is 5.89. The second-order valence-corrected chi connectivity index (χ2v) is 5.51. The Morgan fingerprint density at radius 2 is 1.85 bits per heavy atom. The summed E-state index contributed by atoms with van der Waals surface area (Å²) >= 11 is 0. The third-order valence-electron chi connectivity index (χ3n) is 4.27. The molecule has 0 atom stereocenters. The van der Waals surface area contributed by atoms with Crippen molar-refractivity contribution in [2.45, 2.75) is 45.4 Å². The number of nitrogens with one attached hydrogen (secondary N) is 1. The molecule has 0 aliphatic heterocycles. The fourth-order valence-corrected chi connectivity index (χ4v) is 3.38. The van der Waals surface area contributed by atoms with Crippen LogP contribution in [0.1, 0.15) is 45.4 Å². The second-order valence-electron chi connectivity index (χ2n) is 5.51. The summed E-state index contributed by atoms with van der Waals surface area (Å²) in [7, 11) is 2.08. The first kappa shape index (κ1) is 9.51. The monoisotopic (exact) mass is 181 g/mol. The average molecular weight is 181 g/mol. The minimum atomic E-state index is 0.814. The van der Waals surface area contributed by atoms with E-state index in [0.29, 0.717) is 0 Å². The summed E-state index contributed by atoms with van der Waals surface area (Å²) in [5.41, 5.74) is 0.814. The first-order chi connectivity index (χ1) is 6.24. The molecule has 0 aromatic rings. The van der Waals surface area contributed by atoms with Crippen LogP contribution in [0.15, 0.2) is 0 Å². The van der Waals surface area contributed by atoms with Gasteiger partial charge in [-0.3, -0.25) is 0 Å². The van der Waals surface area contributed by atoms with Gasteiger partial charge in [-0.05, 0) is 56.5 Å². The van der Waals surface area contributed by atoms with Crippen LogP contribution in [-0.2, 0) is 0 Å². The Kier molecular flexibility index (Phi) is 2.64. The second kappa shape index (κ2) is 3.61. The molecule has 2 saturated carbocycles. The topological polar surface area (TPSA) is 12.0 Å². The van der Waals surface area contributed by atoms with Gasteiger partial charge in [0.05, 0.1) is 0 Å². The van der Waals surface area contributed by atoms with E-state index in [1.807, 2.05) is 0 Å². The lowest BCUT2D eigenvalue weighted by atomic mass is 9.55. The van der Waals surface area contributed by atoms with E-state index >= 15 is 0 Å². The van der Waals surface area contributed by atoms with Gasteiger partial charge in [0.1, 0.15) is 0 Å². The molecule has 0 amide bonds. The normalized spacial score (nSPS) is 44.8. The van der Waals surface area contributed by atoms with Crippen molar-refractivity contribution in [3.63, 3.8) is 0 Å². The maximum atomic E-state index is 3.30. The van der Waals surface area contributed by atoms with Crippen LogP contribution >= 0.6 is 0 Å². The lowest BCUT2D eigenvalue weighted by molar-refractivity contribution is 0.00399. The van der Waals surface area contributed by atoms with Crippen molar-refractivity contribution in [1.29, 1.82) is 0 Å². The van der Waals surface area contributed by atoms with Gasteiger partial charge < -0.3 is 5.32 Å². The highest BCUT2D eigenvalue weighted by atomic mass is 14.8. The van der Waals surface area contributed by atoms with Crippen molar-refractivity contribution in [3.8, 4) is 0 Å². The Balaban J connectivity index is 1.76. The summed E-state index contributed by atoms with van der Waals surface area (Å²) in [6.07, 6.45) is 9.06. The van der Waals surface area contributed by atoms with Gasteiger partial charge in [0.2, 0.25) is 0 Å². The highest BCUT2D eigenvalue weighted by Crippen LogP contribution is 2.55. The van der Waals surface area contributed by atoms with Crippen LogP contribution in [0.2, 0.25) is 0 Å². The quantitative estimate of drug-likeness (QED) is 0.690. The Morgan fingerprint density at radius 1 is 1.23 bits per heavy atom. The fraction of sp³-hybridized carbons (Fsp3) is 1.00. The van der Waals surface area contributed by atoms with Crippen LogP contribution in [0.3, 0.4) is 0 Å². The zero-order chi connectivity index (χ0) is 9.31. The minimum absolute atomic E-state index is 0.814. The van der Waals surface area contributed by atoms with Gasteiger partial charge >= 0.3 is 0 Å². The van der Waals surface area contributed by atoms with Gasteiger partial charge in [0, 0.05) is 0 Å². The van der Waals surface area contributed by atoms with Gasteiger partial charge in [-0.2, -0.15) is 0 Å². The maximum absolute atomic E-state index is 3.30. The molecule has 0 aromatic carbocycles. The molecule has 13 heavy (non-hydrogen) atoms. The standard InChI is InChI=1S/C12H23N/c1-10-3-5-12(6-4-10)7-11(8-12)9-13-2/h10-11,13H,3-9H2,1-2H3. The molecule has 0 saturated heterocycles. The largest absolute Gasteiger partial charge is 0.319 e. The Labute approximate surface area is 82.3 Å². The van der Waals surface area contributed by atoms with Crippen molar-refractivity contribution in [3.05, 3.63) is 0 Å². The van der Waals surface area contributed by atoms with Crippen molar-refractivity contribution in [2.24, 2.45) is 17.3 Å². The SMILES string of the molecule is CNCC1CC2(CCC(C)CC2)C1. The van der Waals surface area contributed by atoms with E-state index in [4.69, 9.17) is 0 Å². The van der Waals surface area contributed by atoms with Crippen LogP contribution in [0.25, 0.3) is 0 Å². The smallest absolute Gasteiger partial charge is 0.00231 e. The highest BCUT2D eigenvalue weighted by molar-refractivity contribution is 4.96. The molecule has 2 fully saturated rings. The number of hydrogen-bond donors (Lipinski definition) is 1. The maximum Gasteiger partial charge on any atom is -0.00231 e. The number of rotatable bonds is 2. The van der Waals surface area contributed by atoms with Crippen LogP contribution in [-0.4, -0.2) is 13.6 Å². The summed E-state index contributed by atoms with van der Waals surface area (Å²) in [5.74, 6) is 2.01. The molecular formula is C12H23N. The summed E-state index contributed by atoms with van der Waals surface area (Å²) < 4.78 is 0. The lowest BCUT2D eigenvalue weighted by Crippen LogP contribution is -2.43. The molecule has 1 nitrogen and oxygen atoms in total. The molecule has 76 valence electrons. The van der Waals surface area contributed by atoms with Crippen LogP contribution in [0, 0.1) is 17.3 Å². The van der Waals surface area contributed by atoms with E-state index in [2.05, 4.69) is 19.3 Å². The Morgan fingerprint density at radius 3 is 2.38 bits per heavy atom. The average Bonchev–Trinajstić information content (AvgIpc) is 2.07. The van der Waals surface area contributed by atoms with Crippen LogP contribution in [0.5, 0.6) is 0 Å². The molecule has 0 unspecified atom stereocenters. The minimum Gasteiger partial charge on any atom is -0.319 e. The van der Waals surface area contributed by atoms with Crippen molar-refractivity contribution < 1.29 is 0 Å². The van der Waals surface area contributed by atoms with E-state index in [1.54, 1.807) is 0 Å². The summed E-state index contributed by atoms with van der Waals surface area (Å²) in [5, 5.41) is 3.30. The fourth-order valence-electron chi connectivity index (χ4n) is 3.38. The van der Waals surface area contributed by atoms with Gasteiger partial charge in [-0.15, -0.1) is 0 Å². The highest BCUT2D eigenvalue weighted by Gasteiger charge is 2.44.